The van der Waals surface area contributed by atoms with Crippen LogP contribution in [0.4, 0.5) is 0 Å². The van der Waals surface area contributed by atoms with E-state index in [2.05, 4.69) is 32.9 Å². The van der Waals surface area contributed by atoms with Gasteiger partial charge in [0.25, 0.3) is 0 Å². The molecule has 2 rings (SSSR count). The summed E-state index contributed by atoms with van der Waals surface area (Å²) in [5.74, 6) is 1.29. The Morgan fingerprint density at radius 3 is 2.55 bits per heavy atom. The normalized spacial score (nSPS) is 18.8. The van der Waals surface area contributed by atoms with Crippen LogP contribution < -0.4 is 4.74 Å². The summed E-state index contributed by atoms with van der Waals surface area (Å²) in [6, 6.07) is 8.23. The second-order valence-electron chi connectivity index (χ2n) is 7.05. The molecular weight excluding hydrogens is 248 g/mol. The number of ether oxygens (including phenoxy) is 1. The summed E-state index contributed by atoms with van der Waals surface area (Å²) in [7, 11) is 0. The predicted molar refractivity (Wildman–Crippen MR) is 83.2 cm³/mol. The molecule has 2 nitrogen and oxygen atoms in total. The number of aliphatic hydroxyl groups excluding tert-OH is 1. The standard InChI is InChI=1S/C18H28O2/c1-18(2,3)15-10-7-11-16(12-15)20-13-17(19)14-8-5-4-6-9-14/h7,10-12,14,17,19H,4-6,8-9,13H2,1-3H3. The van der Waals surface area contributed by atoms with E-state index in [4.69, 9.17) is 4.74 Å². The van der Waals surface area contributed by atoms with Crippen molar-refractivity contribution in [1.29, 1.82) is 0 Å². The van der Waals surface area contributed by atoms with E-state index in [1.807, 2.05) is 12.1 Å². The van der Waals surface area contributed by atoms with Crippen LogP contribution in [0.25, 0.3) is 0 Å². The van der Waals surface area contributed by atoms with Crippen LogP contribution in [0.15, 0.2) is 24.3 Å². The van der Waals surface area contributed by atoms with E-state index in [0.29, 0.717) is 12.5 Å². The Kier molecular flexibility index (Phi) is 5.09. The first kappa shape index (κ1) is 15.4. The van der Waals surface area contributed by atoms with E-state index in [-0.39, 0.29) is 11.5 Å². The molecule has 0 aromatic heterocycles. The second kappa shape index (κ2) is 6.62. The average Bonchev–Trinajstić information content (AvgIpc) is 2.45. The molecule has 1 aliphatic carbocycles. The smallest absolute Gasteiger partial charge is 0.119 e. The van der Waals surface area contributed by atoms with Crippen molar-refractivity contribution in [3.05, 3.63) is 29.8 Å². The topological polar surface area (TPSA) is 29.5 Å². The number of aliphatic hydroxyl groups is 1. The lowest BCUT2D eigenvalue weighted by molar-refractivity contribution is 0.0413. The summed E-state index contributed by atoms with van der Waals surface area (Å²) >= 11 is 0. The van der Waals surface area contributed by atoms with Crippen LogP contribution in [-0.2, 0) is 5.41 Å². The summed E-state index contributed by atoms with van der Waals surface area (Å²) in [5.41, 5.74) is 1.39. The maximum Gasteiger partial charge on any atom is 0.119 e. The molecule has 0 aliphatic heterocycles. The van der Waals surface area contributed by atoms with Crippen LogP contribution >= 0.6 is 0 Å². The van der Waals surface area contributed by atoms with Gasteiger partial charge in [0.05, 0.1) is 6.10 Å². The van der Waals surface area contributed by atoms with Crippen LogP contribution in [0.1, 0.15) is 58.4 Å². The molecule has 0 amide bonds. The molecule has 1 N–H and O–H groups in total. The van der Waals surface area contributed by atoms with Gasteiger partial charge in [0.2, 0.25) is 0 Å². The summed E-state index contributed by atoms with van der Waals surface area (Å²) in [6.07, 6.45) is 5.79. The van der Waals surface area contributed by atoms with Crippen molar-refractivity contribution in [2.45, 2.75) is 64.4 Å². The van der Waals surface area contributed by atoms with Gasteiger partial charge in [-0.1, -0.05) is 52.2 Å². The quantitative estimate of drug-likeness (QED) is 0.888. The maximum atomic E-state index is 10.2. The third-order valence-corrected chi connectivity index (χ3v) is 4.31. The van der Waals surface area contributed by atoms with E-state index in [9.17, 15) is 5.11 Å². The third-order valence-electron chi connectivity index (χ3n) is 4.31. The lowest BCUT2D eigenvalue weighted by Crippen LogP contribution is -2.28. The molecule has 0 radical (unpaired) electrons. The van der Waals surface area contributed by atoms with Gasteiger partial charge in [0.1, 0.15) is 12.4 Å². The SMILES string of the molecule is CC(C)(C)c1cccc(OCC(O)C2CCCCC2)c1. The van der Waals surface area contributed by atoms with Gasteiger partial charge in [-0.05, 0) is 41.9 Å². The number of rotatable bonds is 4. The molecule has 0 heterocycles. The first-order chi connectivity index (χ1) is 9.47. The van der Waals surface area contributed by atoms with Crippen molar-refractivity contribution in [2.75, 3.05) is 6.61 Å². The summed E-state index contributed by atoms with van der Waals surface area (Å²) in [4.78, 5) is 0. The molecule has 2 heteroatoms. The molecule has 0 bridgehead atoms. The number of hydrogen-bond donors (Lipinski definition) is 1. The van der Waals surface area contributed by atoms with Gasteiger partial charge in [-0.25, -0.2) is 0 Å². The van der Waals surface area contributed by atoms with Crippen molar-refractivity contribution in [2.24, 2.45) is 5.92 Å². The first-order valence-electron chi connectivity index (χ1n) is 7.88. The molecule has 112 valence electrons. The monoisotopic (exact) mass is 276 g/mol. The van der Waals surface area contributed by atoms with Crippen molar-refractivity contribution in [1.82, 2.24) is 0 Å². The fourth-order valence-electron chi connectivity index (χ4n) is 2.89. The highest BCUT2D eigenvalue weighted by Gasteiger charge is 2.22. The largest absolute Gasteiger partial charge is 0.491 e. The highest BCUT2D eigenvalue weighted by atomic mass is 16.5. The fraction of sp³-hybridized carbons (Fsp3) is 0.667. The summed E-state index contributed by atoms with van der Waals surface area (Å²) < 4.78 is 5.81. The molecule has 1 saturated carbocycles. The van der Waals surface area contributed by atoms with Crippen molar-refractivity contribution in [3.63, 3.8) is 0 Å². The van der Waals surface area contributed by atoms with Gasteiger partial charge < -0.3 is 9.84 Å². The van der Waals surface area contributed by atoms with Gasteiger partial charge >= 0.3 is 0 Å². The first-order valence-corrected chi connectivity index (χ1v) is 7.88. The van der Waals surface area contributed by atoms with E-state index < -0.39 is 0 Å². The van der Waals surface area contributed by atoms with Crippen molar-refractivity contribution < 1.29 is 9.84 Å². The minimum Gasteiger partial charge on any atom is -0.491 e. The molecule has 1 fully saturated rings. The zero-order valence-electron chi connectivity index (χ0n) is 13.1. The second-order valence-corrected chi connectivity index (χ2v) is 7.05. The van der Waals surface area contributed by atoms with Crippen molar-refractivity contribution >= 4 is 0 Å². The van der Waals surface area contributed by atoms with Crippen LogP contribution in [0, 0.1) is 5.92 Å². The zero-order chi connectivity index (χ0) is 14.6. The summed E-state index contributed by atoms with van der Waals surface area (Å²) in [6.45, 7) is 7.01. The van der Waals surface area contributed by atoms with Gasteiger partial charge in [0.15, 0.2) is 0 Å². The highest BCUT2D eigenvalue weighted by molar-refractivity contribution is 5.32. The Labute approximate surface area is 123 Å². The van der Waals surface area contributed by atoms with Crippen LogP contribution in [0.5, 0.6) is 5.75 Å². The summed E-state index contributed by atoms with van der Waals surface area (Å²) in [5, 5.41) is 10.2. The van der Waals surface area contributed by atoms with E-state index in [1.54, 1.807) is 0 Å². The Morgan fingerprint density at radius 2 is 1.90 bits per heavy atom. The van der Waals surface area contributed by atoms with Crippen LogP contribution in [0.2, 0.25) is 0 Å². The zero-order valence-corrected chi connectivity index (χ0v) is 13.1. The van der Waals surface area contributed by atoms with E-state index in [1.165, 1.54) is 24.8 Å². The maximum absolute atomic E-state index is 10.2. The third kappa shape index (κ3) is 4.24. The highest BCUT2D eigenvalue weighted by Crippen LogP contribution is 2.28. The Morgan fingerprint density at radius 1 is 1.20 bits per heavy atom. The van der Waals surface area contributed by atoms with Gasteiger partial charge in [-0.3, -0.25) is 0 Å². The van der Waals surface area contributed by atoms with Crippen molar-refractivity contribution in [3.8, 4) is 5.75 Å². The Balaban J connectivity index is 1.90. The Bertz CT molecular complexity index is 414. The van der Waals surface area contributed by atoms with E-state index >= 15 is 0 Å². The lowest BCUT2D eigenvalue weighted by atomic mass is 9.85. The average molecular weight is 276 g/mol. The molecule has 0 spiro atoms. The van der Waals surface area contributed by atoms with Gasteiger partial charge in [-0.2, -0.15) is 0 Å². The fourth-order valence-corrected chi connectivity index (χ4v) is 2.89. The number of benzene rings is 1. The minimum atomic E-state index is -0.325. The Hall–Kier alpha value is -1.02. The van der Waals surface area contributed by atoms with Gasteiger partial charge in [-0.15, -0.1) is 0 Å². The van der Waals surface area contributed by atoms with Gasteiger partial charge in [0, 0.05) is 0 Å². The molecule has 1 aromatic rings. The molecule has 1 unspecified atom stereocenters. The van der Waals surface area contributed by atoms with Crippen LogP contribution in [0.3, 0.4) is 0 Å². The molecule has 20 heavy (non-hydrogen) atoms. The molecule has 1 aliphatic rings. The van der Waals surface area contributed by atoms with E-state index in [0.717, 1.165) is 18.6 Å². The lowest BCUT2D eigenvalue weighted by Gasteiger charge is -2.26. The number of hydrogen-bond acceptors (Lipinski definition) is 2. The molecule has 0 saturated heterocycles. The molecular formula is C18H28O2. The molecule has 1 aromatic carbocycles. The minimum absolute atomic E-state index is 0.126. The van der Waals surface area contributed by atoms with Crippen LogP contribution in [-0.4, -0.2) is 17.8 Å². The predicted octanol–water partition coefficient (Wildman–Crippen LogP) is 4.30. The molecule has 1 atom stereocenters.